The highest BCUT2D eigenvalue weighted by atomic mass is 19.1. The number of carbonyl (C=O) groups is 1. The van der Waals surface area contributed by atoms with Gasteiger partial charge in [0.2, 0.25) is 11.9 Å². The van der Waals surface area contributed by atoms with E-state index in [-0.39, 0.29) is 17.6 Å². The van der Waals surface area contributed by atoms with Crippen molar-refractivity contribution < 1.29 is 9.18 Å². The van der Waals surface area contributed by atoms with Crippen LogP contribution in [0.3, 0.4) is 0 Å². The summed E-state index contributed by atoms with van der Waals surface area (Å²) in [6, 6.07) is 8.04. The SMILES string of the molecule is O=C(C1CCCn2c(-c3ccc(F)cc3)nnc21)N1CCCN(c2ncccn2)CC1. The highest BCUT2D eigenvalue weighted by Crippen LogP contribution is 2.32. The Bertz CT molecular complexity index is 1050. The smallest absolute Gasteiger partial charge is 0.233 e. The lowest BCUT2D eigenvalue weighted by Gasteiger charge is -2.29. The number of nitrogens with zero attached hydrogens (tertiary/aromatic N) is 7. The first-order chi connectivity index (χ1) is 15.2. The molecule has 1 amide bonds. The van der Waals surface area contributed by atoms with E-state index in [1.807, 2.05) is 9.47 Å². The molecule has 160 valence electrons. The van der Waals surface area contributed by atoms with E-state index < -0.39 is 0 Å². The molecule has 4 heterocycles. The summed E-state index contributed by atoms with van der Waals surface area (Å²) in [7, 11) is 0. The fourth-order valence-corrected chi connectivity index (χ4v) is 4.44. The van der Waals surface area contributed by atoms with Crippen molar-refractivity contribution in [1.82, 2.24) is 29.6 Å². The fraction of sp³-hybridized carbons (Fsp3) is 0.409. The Hall–Kier alpha value is -3.36. The summed E-state index contributed by atoms with van der Waals surface area (Å²) in [6.45, 7) is 3.63. The summed E-state index contributed by atoms with van der Waals surface area (Å²) in [4.78, 5) is 26.2. The Morgan fingerprint density at radius 2 is 1.74 bits per heavy atom. The van der Waals surface area contributed by atoms with Crippen LogP contribution in [0, 0.1) is 5.82 Å². The predicted octanol–water partition coefficient (Wildman–Crippen LogP) is 2.49. The van der Waals surface area contributed by atoms with E-state index in [1.165, 1.54) is 12.1 Å². The van der Waals surface area contributed by atoms with Gasteiger partial charge in [0.1, 0.15) is 11.6 Å². The number of hydrogen-bond acceptors (Lipinski definition) is 6. The van der Waals surface area contributed by atoms with Gasteiger partial charge in [0.15, 0.2) is 5.82 Å². The average Bonchev–Trinajstić information content (AvgIpc) is 3.09. The second-order valence-electron chi connectivity index (χ2n) is 7.95. The van der Waals surface area contributed by atoms with Gasteiger partial charge in [-0.25, -0.2) is 14.4 Å². The second-order valence-corrected chi connectivity index (χ2v) is 7.95. The van der Waals surface area contributed by atoms with Crippen molar-refractivity contribution in [1.29, 1.82) is 0 Å². The van der Waals surface area contributed by atoms with E-state index >= 15 is 0 Å². The first kappa shape index (κ1) is 19.6. The number of fused-ring (bicyclic) bond motifs is 1. The van der Waals surface area contributed by atoms with Crippen molar-refractivity contribution in [2.75, 3.05) is 31.1 Å². The van der Waals surface area contributed by atoms with E-state index in [4.69, 9.17) is 0 Å². The Morgan fingerprint density at radius 1 is 0.935 bits per heavy atom. The van der Waals surface area contributed by atoms with Gasteiger partial charge in [-0.3, -0.25) is 4.79 Å². The maximum absolute atomic E-state index is 13.4. The van der Waals surface area contributed by atoms with E-state index in [1.54, 1.807) is 30.6 Å². The molecule has 1 aromatic carbocycles. The number of rotatable bonds is 3. The molecule has 0 aliphatic carbocycles. The Labute approximate surface area is 179 Å². The summed E-state index contributed by atoms with van der Waals surface area (Å²) in [5.74, 6) is 1.63. The number of anilines is 1. The summed E-state index contributed by atoms with van der Waals surface area (Å²) < 4.78 is 15.3. The van der Waals surface area contributed by atoms with Crippen LogP contribution in [0.4, 0.5) is 10.3 Å². The molecular formula is C22H24FN7O. The molecule has 1 fully saturated rings. The van der Waals surface area contributed by atoms with Crippen LogP contribution in [0.15, 0.2) is 42.7 Å². The van der Waals surface area contributed by atoms with Crippen LogP contribution in [0.2, 0.25) is 0 Å². The van der Waals surface area contributed by atoms with E-state index in [2.05, 4.69) is 25.1 Å². The molecule has 5 rings (SSSR count). The number of benzene rings is 1. The van der Waals surface area contributed by atoms with Crippen LogP contribution in [-0.2, 0) is 11.3 Å². The lowest BCUT2D eigenvalue weighted by molar-refractivity contribution is -0.133. The molecule has 0 N–H and O–H groups in total. The van der Waals surface area contributed by atoms with Gasteiger partial charge < -0.3 is 14.4 Å². The van der Waals surface area contributed by atoms with E-state index in [0.29, 0.717) is 37.2 Å². The standard InChI is InChI=1S/C22H24FN7O/c23-17-7-5-16(6-8-17)19-26-27-20-18(4-1-13-30(19)20)21(31)28-11-3-12-29(15-14-28)22-24-9-2-10-25-22/h2,5-10,18H,1,3-4,11-15H2. The monoisotopic (exact) mass is 421 g/mol. The third-order valence-electron chi connectivity index (χ3n) is 6.01. The summed E-state index contributed by atoms with van der Waals surface area (Å²) in [5.41, 5.74) is 0.807. The third-order valence-corrected chi connectivity index (χ3v) is 6.01. The minimum atomic E-state index is -0.296. The minimum Gasteiger partial charge on any atom is -0.340 e. The van der Waals surface area contributed by atoms with Crippen molar-refractivity contribution in [3.63, 3.8) is 0 Å². The van der Waals surface area contributed by atoms with Crippen molar-refractivity contribution in [2.45, 2.75) is 31.7 Å². The molecule has 8 nitrogen and oxygen atoms in total. The van der Waals surface area contributed by atoms with Gasteiger partial charge in [-0.05, 0) is 49.6 Å². The lowest BCUT2D eigenvalue weighted by atomic mass is 9.96. The Balaban J connectivity index is 1.33. The van der Waals surface area contributed by atoms with E-state index in [9.17, 15) is 9.18 Å². The topological polar surface area (TPSA) is 80.0 Å². The molecule has 0 saturated carbocycles. The zero-order chi connectivity index (χ0) is 21.2. The molecule has 2 aliphatic rings. The van der Waals surface area contributed by atoms with Crippen LogP contribution >= 0.6 is 0 Å². The molecule has 0 bridgehead atoms. The van der Waals surface area contributed by atoms with Gasteiger partial charge in [0.25, 0.3) is 0 Å². The quantitative estimate of drug-likeness (QED) is 0.647. The highest BCUT2D eigenvalue weighted by molar-refractivity contribution is 5.83. The van der Waals surface area contributed by atoms with Crippen molar-refractivity contribution >= 4 is 11.9 Å². The Morgan fingerprint density at radius 3 is 2.55 bits per heavy atom. The van der Waals surface area contributed by atoms with Gasteiger partial charge >= 0.3 is 0 Å². The molecule has 0 radical (unpaired) electrons. The normalized spacial score (nSPS) is 19.1. The molecule has 2 aromatic heterocycles. The number of hydrogen-bond donors (Lipinski definition) is 0. The molecule has 3 aromatic rings. The van der Waals surface area contributed by atoms with Crippen LogP contribution in [0.1, 0.15) is 31.0 Å². The van der Waals surface area contributed by atoms with Gasteiger partial charge in [-0.2, -0.15) is 0 Å². The van der Waals surface area contributed by atoms with Crippen molar-refractivity contribution in [2.24, 2.45) is 0 Å². The maximum Gasteiger partial charge on any atom is 0.233 e. The minimum absolute atomic E-state index is 0.106. The second kappa shape index (κ2) is 8.41. The fourth-order valence-electron chi connectivity index (χ4n) is 4.44. The zero-order valence-corrected chi connectivity index (χ0v) is 17.2. The third kappa shape index (κ3) is 3.87. The molecule has 1 atom stereocenters. The van der Waals surface area contributed by atoms with Crippen LogP contribution < -0.4 is 4.90 Å². The Kier molecular flexibility index (Phi) is 5.31. The lowest BCUT2D eigenvalue weighted by Crippen LogP contribution is -2.40. The van der Waals surface area contributed by atoms with Gasteiger partial charge in [0.05, 0.1) is 5.92 Å². The molecule has 1 unspecified atom stereocenters. The van der Waals surface area contributed by atoms with Gasteiger partial charge in [-0.1, -0.05) is 0 Å². The number of halogens is 1. The van der Waals surface area contributed by atoms with Crippen LogP contribution in [0.5, 0.6) is 0 Å². The highest BCUT2D eigenvalue weighted by Gasteiger charge is 2.34. The number of amides is 1. The summed E-state index contributed by atoms with van der Waals surface area (Å²) in [6.07, 6.45) is 5.99. The molecule has 0 spiro atoms. The van der Waals surface area contributed by atoms with Crippen LogP contribution in [0.25, 0.3) is 11.4 Å². The van der Waals surface area contributed by atoms with Crippen LogP contribution in [-0.4, -0.2) is 61.7 Å². The largest absolute Gasteiger partial charge is 0.340 e. The molecule has 1 saturated heterocycles. The van der Waals surface area contributed by atoms with E-state index in [0.717, 1.165) is 37.9 Å². The predicted molar refractivity (Wildman–Crippen MR) is 113 cm³/mol. The van der Waals surface area contributed by atoms with Crippen molar-refractivity contribution in [3.8, 4) is 11.4 Å². The molecule has 31 heavy (non-hydrogen) atoms. The zero-order valence-electron chi connectivity index (χ0n) is 17.2. The van der Waals surface area contributed by atoms with Gasteiger partial charge in [-0.15, -0.1) is 10.2 Å². The first-order valence-electron chi connectivity index (χ1n) is 10.7. The number of aromatic nitrogens is 5. The maximum atomic E-state index is 13.4. The molecule has 9 heteroatoms. The summed E-state index contributed by atoms with van der Waals surface area (Å²) >= 11 is 0. The number of carbonyl (C=O) groups excluding carboxylic acids is 1. The van der Waals surface area contributed by atoms with Gasteiger partial charge in [0, 0.05) is 50.7 Å². The molecule has 2 aliphatic heterocycles. The first-order valence-corrected chi connectivity index (χ1v) is 10.7. The molecular weight excluding hydrogens is 397 g/mol. The summed E-state index contributed by atoms with van der Waals surface area (Å²) in [5, 5.41) is 8.72. The average molecular weight is 421 g/mol. The van der Waals surface area contributed by atoms with Crippen molar-refractivity contribution in [3.05, 3.63) is 54.4 Å².